The van der Waals surface area contributed by atoms with Gasteiger partial charge in [-0.15, -0.1) is 11.3 Å². The van der Waals surface area contributed by atoms with Crippen LogP contribution in [0.15, 0.2) is 15.7 Å². The Hall–Kier alpha value is -0.920. The molecule has 0 radical (unpaired) electrons. The zero-order chi connectivity index (χ0) is 14.2. The molecule has 1 aliphatic rings. The van der Waals surface area contributed by atoms with Crippen molar-refractivity contribution in [2.24, 2.45) is 11.1 Å². The zero-order valence-electron chi connectivity index (χ0n) is 11.0. The third-order valence-electron chi connectivity index (χ3n) is 3.48. The van der Waals surface area contributed by atoms with Crippen LogP contribution in [0.1, 0.15) is 37.0 Å². The van der Waals surface area contributed by atoms with Gasteiger partial charge in [-0.05, 0) is 31.7 Å². The van der Waals surface area contributed by atoms with E-state index in [4.69, 9.17) is 5.14 Å². The number of nitrogens with zero attached hydrogens (tertiary/aromatic N) is 1. The lowest BCUT2D eigenvalue weighted by atomic mass is 9.94. The summed E-state index contributed by atoms with van der Waals surface area (Å²) in [5.41, 5.74) is 0.412. The molecule has 1 aliphatic heterocycles. The molecule has 1 aromatic rings. The van der Waals surface area contributed by atoms with Gasteiger partial charge in [-0.1, -0.05) is 6.92 Å². The Bertz CT molecular complexity index is 580. The average Bonchev–Trinajstić information content (AvgIpc) is 2.80. The number of nitrogens with two attached hydrogens (primary N) is 1. The predicted octanol–water partition coefficient (Wildman–Crippen LogP) is 1.66. The zero-order valence-corrected chi connectivity index (χ0v) is 12.6. The van der Waals surface area contributed by atoms with Crippen LogP contribution in [-0.4, -0.2) is 31.8 Å². The number of carbonyl (C=O) groups is 1. The first-order valence-electron chi connectivity index (χ1n) is 6.21. The summed E-state index contributed by atoms with van der Waals surface area (Å²) >= 11 is 0.990. The van der Waals surface area contributed by atoms with Gasteiger partial charge in [-0.3, -0.25) is 4.79 Å². The number of carbonyl (C=O) groups excluding carboxylic acids is 1. The van der Waals surface area contributed by atoms with E-state index in [2.05, 4.69) is 6.92 Å². The van der Waals surface area contributed by atoms with E-state index in [1.165, 1.54) is 6.07 Å². The van der Waals surface area contributed by atoms with Crippen LogP contribution in [0.2, 0.25) is 0 Å². The van der Waals surface area contributed by atoms with Crippen molar-refractivity contribution in [1.82, 2.24) is 4.90 Å². The minimum absolute atomic E-state index is 0.0357. The molecule has 2 N–H and O–H groups in total. The molecular weight excluding hydrogens is 284 g/mol. The van der Waals surface area contributed by atoms with E-state index in [9.17, 15) is 13.2 Å². The maximum absolute atomic E-state index is 12.4. The molecule has 0 aliphatic carbocycles. The molecule has 19 heavy (non-hydrogen) atoms. The highest BCUT2D eigenvalue weighted by atomic mass is 32.2. The first-order chi connectivity index (χ1) is 8.79. The summed E-state index contributed by atoms with van der Waals surface area (Å²) in [4.78, 5) is 14.2. The van der Waals surface area contributed by atoms with Gasteiger partial charge in [-0.25, -0.2) is 13.6 Å². The number of amides is 1. The SMILES string of the molecule is CC1CCC(C)N(C(=O)c2csc(S(N)(=O)=O)c2)C1. The molecule has 0 spiro atoms. The first kappa shape index (κ1) is 14.5. The first-order valence-corrected chi connectivity index (χ1v) is 8.64. The van der Waals surface area contributed by atoms with Crippen molar-refractivity contribution in [3.05, 3.63) is 17.0 Å². The van der Waals surface area contributed by atoms with Gasteiger partial charge in [0.1, 0.15) is 4.21 Å². The molecule has 0 bridgehead atoms. The van der Waals surface area contributed by atoms with Gasteiger partial charge in [-0.2, -0.15) is 0 Å². The highest BCUT2D eigenvalue weighted by Crippen LogP contribution is 2.26. The molecule has 106 valence electrons. The summed E-state index contributed by atoms with van der Waals surface area (Å²) in [7, 11) is -3.72. The molecule has 1 fully saturated rings. The van der Waals surface area contributed by atoms with Gasteiger partial charge in [0.15, 0.2) is 0 Å². The maximum atomic E-state index is 12.4. The lowest BCUT2D eigenvalue weighted by Crippen LogP contribution is -2.44. The molecule has 2 atom stereocenters. The van der Waals surface area contributed by atoms with Crippen molar-refractivity contribution in [3.8, 4) is 0 Å². The molecule has 0 saturated carbocycles. The van der Waals surface area contributed by atoms with Gasteiger partial charge in [0.2, 0.25) is 10.0 Å². The predicted molar refractivity (Wildman–Crippen MR) is 74.6 cm³/mol. The van der Waals surface area contributed by atoms with Crippen LogP contribution < -0.4 is 5.14 Å². The fourth-order valence-electron chi connectivity index (χ4n) is 2.32. The second kappa shape index (κ2) is 5.22. The lowest BCUT2D eigenvalue weighted by Gasteiger charge is -2.36. The molecule has 2 heterocycles. The summed E-state index contributed by atoms with van der Waals surface area (Å²) in [6.45, 7) is 4.87. The fourth-order valence-corrected chi connectivity index (χ4v) is 3.89. The molecule has 0 aromatic carbocycles. The van der Waals surface area contributed by atoms with Crippen molar-refractivity contribution in [2.75, 3.05) is 6.54 Å². The number of likely N-dealkylation sites (tertiary alicyclic amines) is 1. The normalized spacial score (nSPS) is 24.5. The summed E-state index contributed by atoms with van der Waals surface area (Å²) in [5, 5.41) is 6.62. The van der Waals surface area contributed by atoms with Crippen molar-refractivity contribution >= 4 is 27.3 Å². The summed E-state index contributed by atoms with van der Waals surface area (Å²) < 4.78 is 22.5. The second-order valence-electron chi connectivity index (χ2n) is 5.19. The maximum Gasteiger partial charge on any atom is 0.254 e. The second-order valence-corrected chi connectivity index (χ2v) is 7.89. The molecule has 2 rings (SSSR count). The Morgan fingerprint density at radius 1 is 1.42 bits per heavy atom. The van der Waals surface area contributed by atoms with Gasteiger partial charge in [0.05, 0.1) is 5.56 Å². The lowest BCUT2D eigenvalue weighted by molar-refractivity contribution is 0.0574. The van der Waals surface area contributed by atoms with Gasteiger partial charge < -0.3 is 4.90 Å². The van der Waals surface area contributed by atoms with Crippen LogP contribution in [0.3, 0.4) is 0 Å². The van der Waals surface area contributed by atoms with Crippen LogP contribution in [0.25, 0.3) is 0 Å². The van der Waals surface area contributed by atoms with Crippen molar-refractivity contribution < 1.29 is 13.2 Å². The molecule has 5 nitrogen and oxygen atoms in total. The van der Waals surface area contributed by atoms with E-state index >= 15 is 0 Å². The van der Waals surface area contributed by atoms with Gasteiger partial charge >= 0.3 is 0 Å². The summed E-state index contributed by atoms with van der Waals surface area (Å²) in [6, 6.07) is 1.57. The fraction of sp³-hybridized carbons (Fsp3) is 0.583. The summed E-state index contributed by atoms with van der Waals surface area (Å²) in [6.07, 6.45) is 2.11. The van der Waals surface area contributed by atoms with E-state index in [1.54, 1.807) is 5.38 Å². The Balaban J connectivity index is 2.22. The number of sulfonamides is 1. The topological polar surface area (TPSA) is 80.5 Å². The Morgan fingerprint density at radius 2 is 2.11 bits per heavy atom. The van der Waals surface area contributed by atoms with Gasteiger partial charge in [0.25, 0.3) is 5.91 Å². The molecule has 2 unspecified atom stereocenters. The van der Waals surface area contributed by atoms with Crippen molar-refractivity contribution in [3.63, 3.8) is 0 Å². The number of thiophene rings is 1. The Morgan fingerprint density at radius 3 is 2.68 bits per heavy atom. The minimum atomic E-state index is -3.72. The van der Waals surface area contributed by atoms with E-state index in [1.807, 2.05) is 11.8 Å². The Labute approximate surface area is 117 Å². The van der Waals surface area contributed by atoms with Crippen LogP contribution in [0, 0.1) is 5.92 Å². The van der Waals surface area contributed by atoms with Crippen molar-refractivity contribution in [1.29, 1.82) is 0 Å². The number of hydrogen-bond donors (Lipinski definition) is 1. The van der Waals surface area contributed by atoms with Gasteiger partial charge in [0, 0.05) is 18.0 Å². The molecule has 1 amide bonds. The van der Waals surface area contributed by atoms with Crippen LogP contribution in [0.5, 0.6) is 0 Å². The van der Waals surface area contributed by atoms with Crippen LogP contribution >= 0.6 is 11.3 Å². The number of hydrogen-bond acceptors (Lipinski definition) is 4. The standard InChI is InChI=1S/C12H18N2O3S2/c1-8-3-4-9(2)14(6-8)12(15)10-5-11(18-7-10)19(13,16)17/h5,7-9H,3-4,6H2,1-2H3,(H2,13,16,17). The van der Waals surface area contributed by atoms with E-state index in [-0.39, 0.29) is 16.2 Å². The van der Waals surface area contributed by atoms with Crippen molar-refractivity contribution in [2.45, 2.75) is 36.9 Å². The van der Waals surface area contributed by atoms with E-state index in [0.29, 0.717) is 11.5 Å². The number of piperidine rings is 1. The van der Waals surface area contributed by atoms with Crippen LogP contribution in [0.4, 0.5) is 0 Å². The average molecular weight is 302 g/mol. The number of primary sulfonamides is 1. The van der Waals surface area contributed by atoms with Crippen LogP contribution in [-0.2, 0) is 10.0 Å². The number of rotatable bonds is 2. The quantitative estimate of drug-likeness (QED) is 0.902. The third-order valence-corrected chi connectivity index (χ3v) is 5.87. The highest BCUT2D eigenvalue weighted by molar-refractivity contribution is 7.91. The van der Waals surface area contributed by atoms with E-state index in [0.717, 1.165) is 30.7 Å². The monoisotopic (exact) mass is 302 g/mol. The summed E-state index contributed by atoms with van der Waals surface area (Å²) in [5.74, 6) is 0.377. The molecule has 1 aromatic heterocycles. The highest BCUT2D eigenvalue weighted by Gasteiger charge is 2.28. The Kier molecular flexibility index (Phi) is 3.98. The molecular formula is C12H18N2O3S2. The third kappa shape index (κ3) is 3.16. The van der Waals surface area contributed by atoms with E-state index < -0.39 is 10.0 Å². The smallest absolute Gasteiger partial charge is 0.254 e. The largest absolute Gasteiger partial charge is 0.336 e. The molecule has 7 heteroatoms. The minimum Gasteiger partial charge on any atom is -0.336 e. The molecule has 1 saturated heterocycles.